The maximum absolute atomic E-state index is 13.0. The van der Waals surface area contributed by atoms with Gasteiger partial charge in [0.1, 0.15) is 5.82 Å². The molecule has 6 heteroatoms. The molecular weight excluding hydrogens is 251 g/mol. The van der Waals surface area contributed by atoms with Gasteiger partial charge in [0.25, 0.3) is 0 Å². The number of carboxylic acids is 1. The van der Waals surface area contributed by atoms with E-state index in [1.807, 2.05) is 0 Å². The van der Waals surface area contributed by atoms with Crippen LogP contribution in [-0.4, -0.2) is 23.1 Å². The van der Waals surface area contributed by atoms with Crippen molar-refractivity contribution in [3.63, 3.8) is 0 Å². The molecule has 0 radical (unpaired) electrons. The summed E-state index contributed by atoms with van der Waals surface area (Å²) < 4.78 is 13.0. The number of rotatable bonds is 5. The van der Waals surface area contributed by atoms with Crippen LogP contribution in [0.25, 0.3) is 0 Å². The first-order valence-corrected chi connectivity index (χ1v) is 5.65. The average Bonchev–Trinajstić information content (AvgIpc) is 2.31. The van der Waals surface area contributed by atoms with Gasteiger partial charge in [0.15, 0.2) is 0 Å². The van der Waals surface area contributed by atoms with Gasteiger partial charge in [-0.05, 0) is 31.5 Å². The van der Waals surface area contributed by atoms with Crippen LogP contribution in [0.1, 0.15) is 23.7 Å². The highest BCUT2D eigenvalue weighted by atomic mass is 19.1. The predicted molar refractivity (Wildman–Crippen MR) is 69.8 cm³/mol. The van der Waals surface area contributed by atoms with Crippen molar-refractivity contribution in [3.8, 4) is 0 Å². The number of hydrogen-bond donors (Lipinski definition) is 3. The molecule has 1 atom stereocenters. The Hall–Kier alpha value is -2.37. The molecule has 0 heterocycles. The third kappa shape index (κ3) is 4.42. The molecule has 3 N–H and O–H groups in total. The van der Waals surface area contributed by atoms with Gasteiger partial charge in [0.2, 0.25) is 0 Å². The molecule has 1 aromatic carbocycles. The van der Waals surface area contributed by atoms with E-state index in [1.165, 1.54) is 6.07 Å². The molecule has 0 aliphatic carbocycles. The lowest BCUT2D eigenvalue weighted by Gasteiger charge is -2.14. The minimum atomic E-state index is -1.31. The molecule has 19 heavy (non-hydrogen) atoms. The monoisotopic (exact) mass is 266 g/mol. The summed E-state index contributed by atoms with van der Waals surface area (Å²) in [6.45, 7) is 5.33. The minimum Gasteiger partial charge on any atom is -0.478 e. The van der Waals surface area contributed by atoms with Crippen molar-refractivity contribution in [1.82, 2.24) is 5.32 Å². The molecule has 0 saturated carbocycles. The van der Waals surface area contributed by atoms with Gasteiger partial charge in [0.05, 0.1) is 11.3 Å². The molecule has 5 nitrogen and oxygen atoms in total. The van der Waals surface area contributed by atoms with E-state index in [4.69, 9.17) is 5.11 Å². The minimum absolute atomic E-state index is 0.0391. The summed E-state index contributed by atoms with van der Waals surface area (Å²) in [6, 6.07) is 2.45. The Bertz CT molecular complexity index is 503. The summed E-state index contributed by atoms with van der Waals surface area (Å²) in [4.78, 5) is 22.5. The van der Waals surface area contributed by atoms with Crippen LogP contribution in [0.4, 0.5) is 14.9 Å². The Morgan fingerprint density at radius 1 is 1.53 bits per heavy atom. The number of carbonyl (C=O) groups is 2. The first-order chi connectivity index (χ1) is 8.93. The van der Waals surface area contributed by atoms with Crippen LogP contribution < -0.4 is 10.6 Å². The van der Waals surface area contributed by atoms with Gasteiger partial charge in [-0.25, -0.2) is 14.0 Å². The smallest absolute Gasteiger partial charge is 0.337 e. The van der Waals surface area contributed by atoms with E-state index >= 15 is 0 Å². The van der Waals surface area contributed by atoms with Crippen molar-refractivity contribution in [2.75, 3.05) is 5.32 Å². The van der Waals surface area contributed by atoms with E-state index < -0.39 is 17.8 Å². The number of aromatic carboxylic acids is 1. The van der Waals surface area contributed by atoms with Gasteiger partial charge in [-0.2, -0.15) is 0 Å². The molecule has 0 spiro atoms. The van der Waals surface area contributed by atoms with E-state index in [0.29, 0.717) is 6.42 Å². The number of anilines is 1. The maximum atomic E-state index is 13.0. The zero-order valence-corrected chi connectivity index (χ0v) is 10.4. The zero-order valence-electron chi connectivity index (χ0n) is 10.4. The summed E-state index contributed by atoms with van der Waals surface area (Å²) in [7, 11) is 0. The number of urea groups is 1. The standard InChI is InChI=1S/C13H15FN2O3/c1-3-4-8(2)15-13(19)16-11-6-5-9(14)7-10(11)12(17)18/h3,5-8H,1,4H2,2H3,(H,17,18)(H2,15,16,19). The van der Waals surface area contributed by atoms with Crippen molar-refractivity contribution in [1.29, 1.82) is 0 Å². The highest BCUT2D eigenvalue weighted by molar-refractivity contribution is 6.00. The molecule has 2 amide bonds. The second-order valence-electron chi connectivity index (χ2n) is 4.02. The van der Waals surface area contributed by atoms with E-state index in [0.717, 1.165) is 12.1 Å². The molecule has 0 bridgehead atoms. The average molecular weight is 266 g/mol. The summed E-state index contributed by atoms with van der Waals surface area (Å²) in [5.74, 6) is -1.99. The predicted octanol–water partition coefficient (Wildman–Crippen LogP) is 2.61. The van der Waals surface area contributed by atoms with Gasteiger partial charge in [-0.1, -0.05) is 6.08 Å². The number of halogens is 1. The lowest BCUT2D eigenvalue weighted by atomic mass is 10.1. The van der Waals surface area contributed by atoms with Crippen LogP contribution in [0.15, 0.2) is 30.9 Å². The van der Waals surface area contributed by atoms with E-state index in [-0.39, 0.29) is 17.3 Å². The van der Waals surface area contributed by atoms with Crippen LogP contribution in [0.2, 0.25) is 0 Å². The number of carboxylic acid groups (broad SMARTS) is 1. The first-order valence-electron chi connectivity index (χ1n) is 5.65. The Labute approximate surface area is 110 Å². The van der Waals surface area contributed by atoms with Crippen molar-refractivity contribution < 1.29 is 19.1 Å². The van der Waals surface area contributed by atoms with Crippen LogP contribution in [0.3, 0.4) is 0 Å². The van der Waals surface area contributed by atoms with E-state index in [9.17, 15) is 14.0 Å². The van der Waals surface area contributed by atoms with Crippen LogP contribution in [-0.2, 0) is 0 Å². The number of carbonyl (C=O) groups excluding carboxylic acids is 1. The topological polar surface area (TPSA) is 78.4 Å². The lowest BCUT2D eigenvalue weighted by molar-refractivity contribution is 0.0697. The zero-order chi connectivity index (χ0) is 14.4. The second kappa shape index (κ2) is 6.53. The Kier molecular flexibility index (Phi) is 5.05. The highest BCUT2D eigenvalue weighted by Gasteiger charge is 2.14. The van der Waals surface area contributed by atoms with Crippen molar-refractivity contribution in [2.24, 2.45) is 0 Å². The third-order valence-electron chi connectivity index (χ3n) is 2.36. The quantitative estimate of drug-likeness (QED) is 0.717. The van der Waals surface area contributed by atoms with Crippen LogP contribution in [0.5, 0.6) is 0 Å². The Balaban J connectivity index is 2.79. The largest absolute Gasteiger partial charge is 0.478 e. The van der Waals surface area contributed by atoms with Crippen molar-refractivity contribution in [2.45, 2.75) is 19.4 Å². The SMILES string of the molecule is C=CCC(C)NC(=O)Nc1ccc(F)cc1C(=O)O. The van der Waals surface area contributed by atoms with Crippen LogP contribution >= 0.6 is 0 Å². The Morgan fingerprint density at radius 3 is 2.79 bits per heavy atom. The maximum Gasteiger partial charge on any atom is 0.337 e. The molecule has 102 valence electrons. The summed E-state index contributed by atoms with van der Waals surface area (Å²) in [6.07, 6.45) is 2.24. The number of amides is 2. The van der Waals surface area contributed by atoms with Crippen molar-refractivity contribution >= 4 is 17.7 Å². The lowest BCUT2D eigenvalue weighted by Crippen LogP contribution is -2.36. The van der Waals surface area contributed by atoms with Crippen LogP contribution in [0, 0.1) is 5.82 Å². The fourth-order valence-corrected chi connectivity index (χ4v) is 1.49. The Morgan fingerprint density at radius 2 is 2.21 bits per heavy atom. The van der Waals surface area contributed by atoms with Gasteiger partial charge < -0.3 is 15.7 Å². The fourth-order valence-electron chi connectivity index (χ4n) is 1.49. The summed E-state index contributed by atoms with van der Waals surface area (Å²) in [5, 5.41) is 13.9. The molecule has 0 aliphatic rings. The fraction of sp³-hybridized carbons (Fsp3) is 0.231. The van der Waals surface area contributed by atoms with Gasteiger partial charge in [-0.15, -0.1) is 6.58 Å². The normalized spacial score (nSPS) is 11.5. The number of nitrogens with one attached hydrogen (secondary N) is 2. The molecule has 0 saturated heterocycles. The van der Waals surface area contributed by atoms with Gasteiger partial charge in [0, 0.05) is 6.04 Å². The molecule has 0 fully saturated rings. The van der Waals surface area contributed by atoms with E-state index in [1.54, 1.807) is 13.0 Å². The second-order valence-corrected chi connectivity index (χ2v) is 4.02. The summed E-state index contributed by atoms with van der Waals surface area (Å²) >= 11 is 0. The first kappa shape index (κ1) is 14.7. The van der Waals surface area contributed by atoms with Gasteiger partial charge >= 0.3 is 12.0 Å². The molecule has 1 unspecified atom stereocenters. The molecule has 0 aromatic heterocycles. The third-order valence-corrected chi connectivity index (χ3v) is 2.36. The number of benzene rings is 1. The highest BCUT2D eigenvalue weighted by Crippen LogP contribution is 2.17. The van der Waals surface area contributed by atoms with Gasteiger partial charge in [-0.3, -0.25) is 0 Å². The van der Waals surface area contributed by atoms with Crippen molar-refractivity contribution in [3.05, 3.63) is 42.2 Å². The van der Waals surface area contributed by atoms with E-state index in [2.05, 4.69) is 17.2 Å². The molecule has 1 aromatic rings. The number of hydrogen-bond acceptors (Lipinski definition) is 2. The molecule has 1 rings (SSSR count). The summed E-state index contributed by atoms with van der Waals surface area (Å²) in [5.41, 5.74) is -0.260. The molecule has 0 aliphatic heterocycles. The molecular formula is C13H15FN2O3.